The van der Waals surface area contributed by atoms with E-state index in [0.717, 1.165) is 0 Å². The van der Waals surface area contributed by atoms with Crippen LogP contribution in [0.25, 0.3) is 11.2 Å². The zero-order valence-electron chi connectivity index (χ0n) is 17.4. The van der Waals surface area contributed by atoms with Crippen LogP contribution in [0.1, 0.15) is 18.3 Å². The van der Waals surface area contributed by atoms with Crippen molar-refractivity contribution in [2.45, 2.75) is 31.3 Å². The Labute approximate surface area is 179 Å². The molecule has 1 fully saturated rings. The second-order valence-electron chi connectivity index (χ2n) is 7.00. The van der Waals surface area contributed by atoms with Crippen LogP contribution in [0.3, 0.4) is 0 Å². The smallest absolute Gasteiger partial charge is 0.280 e. The van der Waals surface area contributed by atoms with Crippen LogP contribution < -0.4 is 16.2 Å². The highest BCUT2D eigenvalue weighted by atomic mass is 31.0. The molecule has 14 heteroatoms. The molecule has 0 spiro atoms. The molecular weight excluding hydrogens is 427 g/mol. The number of H-pyrrole nitrogens is 2. The highest BCUT2D eigenvalue weighted by molar-refractivity contribution is 7.09. The van der Waals surface area contributed by atoms with Crippen LogP contribution in [0, 0.1) is 0 Å². The van der Waals surface area contributed by atoms with Gasteiger partial charge in [0, 0.05) is 35.1 Å². The number of aliphatic hydroxyl groups is 1. The zero-order valence-corrected chi connectivity index (χ0v) is 17.4. The van der Waals surface area contributed by atoms with Crippen molar-refractivity contribution < 1.29 is 19.2 Å². The lowest BCUT2D eigenvalue weighted by molar-refractivity contribution is -0.120. The Bertz CT molecular complexity index is 1110. The number of rotatable bonds is 10. The normalized spacial score (nSPS) is 21.7. The fraction of sp³-hybridized carbons (Fsp3) is 0.471. The van der Waals surface area contributed by atoms with Gasteiger partial charge in [-0.05, 0) is 0 Å². The molecular formula is C17H23N8O5P. The summed E-state index contributed by atoms with van der Waals surface area (Å²) in [5, 5.41) is 15.9. The molecule has 1 aliphatic heterocycles. The molecule has 166 valence electrons. The maximum absolute atomic E-state index is 12.4. The molecule has 0 aromatic carbocycles. The number of ether oxygens (including phenoxy) is 1. The highest BCUT2D eigenvalue weighted by Gasteiger charge is 2.35. The molecule has 1 amide bonds. The standard InChI is InChI=1S/C17H23N8O5P/c26-10-4-13(30-11(10)6-29-31)25-8-22-14-15(25)23-17(24-16(14)28)20-2-1-19-12(27)3-9-5-18-7-21-9/h5,7-8,10-11,13,26H,1-4,6,31H2,(H,18,21)(H,19,27)(H2,20,23,24,28)/i31T. The van der Waals surface area contributed by atoms with Gasteiger partial charge in [-0.2, -0.15) is 4.98 Å². The van der Waals surface area contributed by atoms with E-state index in [-0.39, 0.29) is 36.8 Å². The zero-order chi connectivity index (χ0) is 22.5. The van der Waals surface area contributed by atoms with Crippen molar-refractivity contribution in [2.75, 3.05) is 25.0 Å². The molecule has 3 aromatic heterocycles. The van der Waals surface area contributed by atoms with Crippen molar-refractivity contribution in [3.05, 3.63) is 34.9 Å². The maximum Gasteiger partial charge on any atom is 0.280 e. The molecule has 0 bridgehead atoms. The lowest BCUT2D eigenvalue weighted by Crippen LogP contribution is -2.30. The third kappa shape index (κ3) is 4.90. The van der Waals surface area contributed by atoms with Crippen LogP contribution in [0.2, 0.25) is 0 Å². The first-order chi connectivity index (χ1) is 15.5. The Hall–Kier alpha value is -2.86. The van der Waals surface area contributed by atoms with Gasteiger partial charge in [-0.1, -0.05) is 0 Å². The second-order valence-corrected chi connectivity index (χ2v) is 7.28. The fourth-order valence-electron chi connectivity index (χ4n) is 3.34. The Morgan fingerprint density at radius 3 is 3.19 bits per heavy atom. The van der Waals surface area contributed by atoms with Gasteiger partial charge in [0.1, 0.15) is 12.3 Å². The van der Waals surface area contributed by atoms with Crippen LogP contribution in [0.15, 0.2) is 23.6 Å². The summed E-state index contributed by atoms with van der Waals surface area (Å²) in [6.45, 7) is 0.764. The van der Waals surface area contributed by atoms with Crippen molar-refractivity contribution in [2.24, 2.45) is 0 Å². The monoisotopic (exact) mass is 452 g/mol. The van der Waals surface area contributed by atoms with Crippen LogP contribution in [-0.4, -0.2) is 73.7 Å². The molecule has 0 radical (unpaired) electrons. The molecule has 5 N–H and O–H groups in total. The largest absolute Gasteiger partial charge is 0.390 e. The van der Waals surface area contributed by atoms with E-state index in [1.54, 1.807) is 10.8 Å². The predicted octanol–water partition coefficient (Wildman–Crippen LogP) is -0.931. The van der Waals surface area contributed by atoms with E-state index in [1.807, 2.05) is 0 Å². The molecule has 31 heavy (non-hydrogen) atoms. The number of fused-ring (bicyclic) bond motifs is 1. The number of aromatic amines is 2. The third-order valence-corrected chi connectivity index (χ3v) is 5.00. The van der Waals surface area contributed by atoms with E-state index in [1.165, 1.54) is 12.7 Å². The molecule has 4 unspecified atom stereocenters. The number of aromatic nitrogens is 6. The number of anilines is 1. The van der Waals surface area contributed by atoms with Gasteiger partial charge in [0.2, 0.25) is 11.9 Å². The Morgan fingerprint density at radius 2 is 2.39 bits per heavy atom. The van der Waals surface area contributed by atoms with Gasteiger partial charge in [0.15, 0.2) is 11.2 Å². The number of carbonyl (C=O) groups excluding carboxylic acids is 1. The summed E-state index contributed by atoms with van der Waals surface area (Å²) in [5.74, 6) is 0.0509. The summed E-state index contributed by atoms with van der Waals surface area (Å²) in [6, 6.07) is 0. The topological polar surface area (TPSA) is 172 Å². The van der Waals surface area contributed by atoms with Crippen LogP contribution in [0.5, 0.6) is 0 Å². The van der Waals surface area contributed by atoms with Gasteiger partial charge in [-0.25, -0.2) is 9.97 Å². The first kappa shape index (κ1) is 20.1. The molecule has 3 aromatic rings. The molecule has 4 rings (SSSR count). The van der Waals surface area contributed by atoms with E-state index in [9.17, 15) is 14.7 Å². The van der Waals surface area contributed by atoms with Crippen molar-refractivity contribution >= 4 is 32.4 Å². The van der Waals surface area contributed by atoms with E-state index in [4.69, 9.17) is 10.5 Å². The molecule has 1 saturated heterocycles. The highest BCUT2D eigenvalue weighted by Crippen LogP contribution is 2.30. The van der Waals surface area contributed by atoms with Crippen molar-refractivity contribution in [1.82, 2.24) is 34.8 Å². The van der Waals surface area contributed by atoms with Crippen molar-refractivity contribution in [1.29, 1.82) is 1.28 Å². The molecule has 1 aliphatic rings. The van der Waals surface area contributed by atoms with Gasteiger partial charge in [0.25, 0.3) is 5.56 Å². The number of aliphatic hydroxyl groups excluding tert-OH is 1. The van der Waals surface area contributed by atoms with Crippen molar-refractivity contribution in [3.8, 4) is 0 Å². The lowest BCUT2D eigenvalue weighted by Gasteiger charge is -2.15. The van der Waals surface area contributed by atoms with Crippen LogP contribution in [-0.2, 0) is 20.5 Å². The summed E-state index contributed by atoms with van der Waals surface area (Å²) in [5.41, 5.74) is 0.675. The van der Waals surface area contributed by atoms with Gasteiger partial charge >= 0.3 is 0 Å². The van der Waals surface area contributed by atoms with Gasteiger partial charge in [0.05, 0.1) is 38.8 Å². The number of nitrogens with one attached hydrogen (secondary N) is 4. The number of imidazole rings is 2. The Kier molecular flexibility index (Phi) is 6.16. The average Bonchev–Trinajstić information content (AvgIpc) is 3.50. The third-order valence-electron chi connectivity index (χ3n) is 4.83. The van der Waals surface area contributed by atoms with E-state index in [2.05, 4.69) is 35.6 Å². The molecule has 4 atom stereocenters. The fourth-order valence-corrected chi connectivity index (χ4v) is 3.50. The minimum absolute atomic E-state index is 0.110. The number of amides is 1. The van der Waals surface area contributed by atoms with Crippen molar-refractivity contribution in [3.63, 3.8) is 0 Å². The van der Waals surface area contributed by atoms with E-state index < -0.39 is 33.4 Å². The molecule has 0 aliphatic carbocycles. The van der Waals surface area contributed by atoms with Gasteiger partial charge in [-0.3, -0.25) is 19.1 Å². The lowest BCUT2D eigenvalue weighted by atomic mass is 10.2. The van der Waals surface area contributed by atoms with Gasteiger partial charge < -0.3 is 30.0 Å². The van der Waals surface area contributed by atoms with Crippen LogP contribution in [0.4, 0.5) is 5.95 Å². The molecule has 13 nitrogen and oxygen atoms in total. The summed E-state index contributed by atoms with van der Waals surface area (Å²) < 4.78 is 19.5. The summed E-state index contributed by atoms with van der Waals surface area (Å²) >= 11 is 0. The van der Waals surface area contributed by atoms with E-state index in [0.29, 0.717) is 24.4 Å². The SMILES string of the molecule is [3H]POCC1OC(n2cnc3c(=O)[nH]c(NCCNC(=O)Cc4c[nH]cn4)nc32)CC1O. The van der Waals surface area contributed by atoms with Gasteiger partial charge in [-0.15, -0.1) is 0 Å². The minimum atomic E-state index is -0.765. The average molecular weight is 452 g/mol. The summed E-state index contributed by atoms with van der Waals surface area (Å²) in [6.07, 6.45) is 3.16. The number of hydrogen-bond acceptors (Lipinski definition) is 9. The Balaban J connectivity index is 1.37. The second kappa shape index (κ2) is 9.52. The maximum atomic E-state index is 12.4. The summed E-state index contributed by atoms with van der Waals surface area (Å²) in [7, 11) is -0.446. The Morgan fingerprint density at radius 1 is 1.48 bits per heavy atom. The number of hydrogen-bond donors (Lipinski definition) is 5. The first-order valence-electron chi connectivity index (χ1n) is 10.1. The molecule has 4 heterocycles. The van der Waals surface area contributed by atoms with Crippen LogP contribution >= 0.6 is 9.41 Å². The quantitative estimate of drug-likeness (QED) is 0.192. The molecule has 0 saturated carbocycles. The minimum Gasteiger partial charge on any atom is -0.390 e. The summed E-state index contributed by atoms with van der Waals surface area (Å²) in [4.78, 5) is 42.2. The first-order valence-corrected chi connectivity index (χ1v) is 10.0. The number of carbonyl (C=O) groups is 1. The number of nitrogens with zero attached hydrogens (tertiary/aromatic N) is 4. The van der Waals surface area contributed by atoms with E-state index >= 15 is 0 Å². The predicted molar refractivity (Wildman–Crippen MR) is 112 cm³/mol.